The summed E-state index contributed by atoms with van der Waals surface area (Å²) in [6.45, 7) is 7.95. The van der Waals surface area contributed by atoms with Crippen LogP contribution in [0.2, 0.25) is 0 Å². The first-order valence-corrected chi connectivity index (χ1v) is 4.68. The topological polar surface area (TPSA) is 29.3 Å². The summed E-state index contributed by atoms with van der Waals surface area (Å²) >= 11 is 0. The van der Waals surface area contributed by atoms with Gasteiger partial charge in [0, 0.05) is 12.6 Å². The van der Waals surface area contributed by atoms with E-state index in [0.29, 0.717) is 0 Å². The molecule has 1 atom stereocenters. The lowest BCUT2D eigenvalue weighted by molar-refractivity contribution is 0.263. The number of nitrogens with zero attached hydrogens (tertiary/aromatic N) is 1. The second-order valence-electron chi connectivity index (χ2n) is 3.82. The van der Waals surface area contributed by atoms with Crippen LogP contribution in [-0.2, 0) is 0 Å². The summed E-state index contributed by atoms with van der Waals surface area (Å²) in [5.41, 5.74) is 5.51. The molecule has 0 saturated carbocycles. The fourth-order valence-electron chi connectivity index (χ4n) is 1.80. The predicted octanol–water partition coefficient (Wildman–Crippen LogP) is 1.07. The van der Waals surface area contributed by atoms with E-state index in [0.717, 1.165) is 18.5 Å². The molecule has 1 aliphatic rings. The van der Waals surface area contributed by atoms with E-state index in [2.05, 4.69) is 18.7 Å². The van der Waals surface area contributed by atoms with Crippen molar-refractivity contribution in [3.8, 4) is 0 Å². The van der Waals surface area contributed by atoms with E-state index >= 15 is 0 Å². The Kier molecular flexibility index (Phi) is 3.34. The average Bonchev–Trinajstić information content (AvgIpc) is 2.37. The van der Waals surface area contributed by atoms with Gasteiger partial charge in [-0.3, -0.25) is 0 Å². The molecule has 1 aliphatic heterocycles. The number of likely N-dealkylation sites (tertiary alicyclic amines) is 1. The number of rotatable bonds is 3. The van der Waals surface area contributed by atoms with Crippen molar-refractivity contribution in [3.05, 3.63) is 0 Å². The molecule has 1 saturated heterocycles. The minimum absolute atomic E-state index is 0.720. The van der Waals surface area contributed by atoms with E-state index in [4.69, 9.17) is 5.73 Å². The zero-order chi connectivity index (χ0) is 8.27. The highest BCUT2D eigenvalue weighted by Gasteiger charge is 2.22. The van der Waals surface area contributed by atoms with Crippen molar-refractivity contribution >= 4 is 0 Å². The zero-order valence-electron chi connectivity index (χ0n) is 7.71. The SMILES string of the molecule is CC(C)N1CCC(CCN)C1. The Morgan fingerprint density at radius 3 is 2.73 bits per heavy atom. The summed E-state index contributed by atoms with van der Waals surface area (Å²) in [7, 11) is 0. The van der Waals surface area contributed by atoms with Gasteiger partial charge in [-0.2, -0.15) is 0 Å². The minimum Gasteiger partial charge on any atom is -0.330 e. The van der Waals surface area contributed by atoms with Gasteiger partial charge in [-0.25, -0.2) is 0 Å². The number of hydrogen-bond acceptors (Lipinski definition) is 2. The van der Waals surface area contributed by atoms with Crippen LogP contribution in [0.25, 0.3) is 0 Å². The van der Waals surface area contributed by atoms with Gasteiger partial charge in [-0.05, 0) is 45.7 Å². The summed E-state index contributed by atoms with van der Waals surface area (Å²) in [6.07, 6.45) is 2.57. The summed E-state index contributed by atoms with van der Waals surface area (Å²) in [4.78, 5) is 2.54. The van der Waals surface area contributed by atoms with Crippen LogP contribution in [0.4, 0.5) is 0 Å². The maximum Gasteiger partial charge on any atom is 0.00387 e. The van der Waals surface area contributed by atoms with E-state index in [9.17, 15) is 0 Å². The molecule has 1 heterocycles. The molecular formula is C9H20N2. The second kappa shape index (κ2) is 4.07. The molecule has 2 nitrogen and oxygen atoms in total. The third-order valence-electron chi connectivity index (χ3n) is 2.62. The van der Waals surface area contributed by atoms with Crippen LogP contribution in [0.5, 0.6) is 0 Å². The van der Waals surface area contributed by atoms with Crippen LogP contribution in [0.3, 0.4) is 0 Å². The summed E-state index contributed by atoms with van der Waals surface area (Å²) in [6, 6.07) is 0.720. The molecule has 0 aromatic carbocycles. The number of nitrogens with two attached hydrogens (primary N) is 1. The quantitative estimate of drug-likeness (QED) is 0.662. The average molecular weight is 156 g/mol. The van der Waals surface area contributed by atoms with E-state index < -0.39 is 0 Å². The first-order chi connectivity index (χ1) is 5.24. The van der Waals surface area contributed by atoms with Crippen LogP contribution in [-0.4, -0.2) is 30.6 Å². The molecule has 0 spiro atoms. The van der Waals surface area contributed by atoms with Crippen molar-refractivity contribution < 1.29 is 0 Å². The molecule has 66 valence electrons. The molecular weight excluding hydrogens is 136 g/mol. The van der Waals surface area contributed by atoms with Crippen LogP contribution in [0.15, 0.2) is 0 Å². The lowest BCUT2D eigenvalue weighted by Crippen LogP contribution is -2.28. The lowest BCUT2D eigenvalue weighted by atomic mass is 10.1. The Morgan fingerprint density at radius 2 is 2.27 bits per heavy atom. The molecule has 0 aromatic heterocycles. The fourth-order valence-corrected chi connectivity index (χ4v) is 1.80. The predicted molar refractivity (Wildman–Crippen MR) is 48.5 cm³/mol. The smallest absolute Gasteiger partial charge is 0.00387 e. The normalized spacial score (nSPS) is 26.7. The molecule has 0 radical (unpaired) electrons. The Bertz CT molecular complexity index is 112. The maximum absolute atomic E-state index is 5.51. The third-order valence-corrected chi connectivity index (χ3v) is 2.62. The van der Waals surface area contributed by atoms with Crippen LogP contribution >= 0.6 is 0 Å². The van der Waals surface area contributed by atoms with Gasteiger partial charge in [0.1, 0.15) is 0 Å². The zero-order valence-corrected chi connectivity index (χ0v) is 7.71. The van der Waals surface area contributed by atoms with E-state index in [1.807, 2.05) is 0 Å². The molecule has 2 heteroatoms. The summed E-state index contributed by atoms with van der Waals surface area (Å²) in [5, 5.41) is 0. The van der Waals surface area contributed by atoms with Crippen LogP contribution in [0.1, 0.15) is 26.7 Å². The van der Waals surface area contributed by atoms with Gasteiger partial charge < -0.3 is 10.6 Å². The first kappa shape index (κ1) is 9.01. The monoisotopic (exact) mass is 156 g/mol. The van der Waals surface area contributed by atoms with E-state index in [1.165, 1.54) is 25.9 Å². The molecule has 2 N–H and O–H groups in total. The van der Waals surface area contributed by atoms with Gasteiger partial charge in [0.05, 0.1) is 0 Å². The molecule has 0 aromatic rings. The van der Waals surface area contributed by atoms with Crippen molar-refractivity contribution in [2.45, 2.75) is 32.7 Å². The first-order valence-electron chi connectivity index (χ1n) is 4.68. The van der Waals surface area contributed by atoms with Gasteiger partial charge in [0.15, 0.2) is 0 Å². The van der Waals surface area contributed by atoms with Crippen LogP contribution < -0.4 is 5.73 Å². The van der Waals surface area contributed by atoms with Crippen molar-refractivity contribution in [1.82, 2.24) is 4.90 Å². The number of hydrogen-bond donors (Lipinski definition) is 1. The molecule has 11 heavy (non-hydrogen) atoms. The molecule has 1 fully saturated rings. The van der Waals surface area contributed by atoms with Crippen molar-refractivity contribution in [3.63, 3.8) is 0 Å². The summed E-state index contributed by atoms with van der Waals surface area (Å²) in [5.74, 6) is 0.877. The van der Waals surface area contributed by atoms with Crippen LogP contribution in [0, 0.1) is 5.92 Å². The lowest BCUT2D eigenvalue weighted by Gasteiger charge is -2.19. The van der Waals surface area contributed by atoms with Gasteiger partial charge in [-0.15, -0.1) is 0 Å². The van der Waals surface area contributed by atoms with Gasteiger partial charge in [0.25, 0.3) is 0 Å². The highest BCUT2D eigenvalue weighted by Crippen LogP contribution is 2.20. The van der Waals surface area contributed by atoms with Gasteiger partial charge >= 0.3 is 0 Å². The maximum atomic E-state index is 5.51. The van der Waals surface area contributed by atoms with Crippen molar-refractivity contribution in [2.24, 2.45) is 11.7 Å². The highest BCUT2D eigenvalue weighted by molar-refractivity contribution is 4.77. The second-order valence-corrected chi connectivity index (χ2v) is 3.82. The molecule has 1 rings (SSSR count). The van der Waals surface area contributed by atoms with Gasteiger partial charge in [-0.1, -0.05) is 0 Å². The highest BCUT2D eigenvalue weighted by atomic mass is 15.2. The third kappa shape index (κ3) is 2.46. The Hall–Kier alpha value is -0.0800. The molecule has 1 unspecified atom stereocenters. The van der Waals surface area contributed by atoms with E-state index in [-0.39, 0.29) is 0 Å². The Labute approximate surface area is 69.8 Å². The largest absolute Gasteiger partial charge is 0.330 e. The molecule has 0 aliphatic carbocycles. The van der Waals surface area contributed by atoms with Gasteiger partial charge in [0.2, 0.25) is 0 Å². The Balaban J connectivity index is 2.23. The Morgan fingerprint density at radius 1 is 1.55 bits per heavy atom. The van der Waals surface area contributed by atoms with E-state index in [1.54, 1.807) is 0 Å². The molecule has 0 bridgehead atoms. The summed E-state index contributed by atoms with van der Waals surface area (Å²) < 4.78 is 0. The standard InChI is InChI=1S/C9H20N2/c1-8(2)11-6-4-9(7-11)3-5-10/h8-9H,3-7,10H2,1-2H3. The molecule has 0 amide bonds. The van der Waals surface area contributed by atoms with Crippen molar-refractivity contribution in [1.29, 1.82) is 0 Å². The van der Waals surface area contributed by atoms with Crippen molar-refractivity contribution in [2.75, 3.05) is 19.6 Å². The fraction of sp³-hybridized carbons (Fsp3) is 1.00. The minimum atomic E-state index is 0.720.